The predicted molar refractivity (Wildman–Crippen MR) is 83.3 cm³/mol. The van der Waals surface area contributed by atoms with Crippen molar-refractivity contribution in [2.45, 2.75) is 63.3 Å². The first-order valence-corrected chi connectivity index (χ1v) is 8.37. The molecule has 1 heterocycles. The molecule has 21 heavy (non-hydrogen) atoms. The molecule has 1 atom stereocenters. The van der Waals surface area contributed by atoms with Gasteiger partial charge in [0.2, 0.25) is 0 Å². The van der Waals surface area contributed by atoms with Gasteiger partial charge in [-0.05, 0) is 46.5 Å². The minimum atomic E-state index is -0.532. The van der Waals surface area contributed by atoms with Crippen LogP contribution in [0.15, 0.2) is 9.95 Å². The van der Waals surface area contributed by atoms with Gasteiger partial charge in [0.25, 0.3) is 0 Å². The molecule has 0 aliphatic heterocycles. The summed E-state index contributed by atoms with van der Waals surface area (Å²) in [6.45, 7) is 8.01. The fraction of sp³-hybridized carbons (Fsp3) is 0.786. The predicted octanol–water partition coefficient (Wildman–Crippen LogP) is 1.91. The van der Waals surface area contributed by atoms with Crippen LogP contribution in [0, 0.1) is 17.2 Å². The Bertz CT molecular complexity index is 581. The zero-order chi connectivity index (χ0) is 15.6. The topological polar surface area (TPSA) is 86.5 Å². The number of rotatable bonds is 7. The van der Waals surface area contributed by atoms with Crippen LogP contribution in [0.25, 0.3) is 0 Å². The lowest BCUT2D eigenvalue weighted by Gasteiger charge is -2.29. The van der Waals surface area contributed by atoms with E-state index in [0.717, 1.165) is 12.8 Å². The molecule has 1 fully saturated rings. The first-order chi connectivity index (χ1) is 9.89. The molecular weight excluding hydrogens is 286 g/mol. The molecular formula is C14H23N5OS. The van der Waals surface area contributed by atoms with Crippen LogP contribution in [0.2, 0.25) is 0 Å². The van der Waals surface area contributed by atoms with Crippen LogP contribution >= 0.6 is 11.8 Å². The molecule has 2 N–H and O–H groups in total. The molecule has 1 saturated carbocycles. The number of hydrogen-bond acceptors (Lipinski definition) is 5. The standard InChI is InChI=1S/C14H23N5OS/c1-9(2)16-14(7-15,11-5-6-11)8-21-13-18-17-12(20)19(13)10(3)4/h9-11,16H,5-6,8H2,1-4H3,(H,17,20). The molecule has 2 rings (SSSR count). The molecule has 0 radical (unpaired) electrons. The number of hydrogen-bond donors (Lipinski definition) is 2. The highest BCUT2D eigenvalue weighted by Crippen LogP contribution is 2.42. The highest BCUT2D eigenvalue weighted by molar-refractivity contribution is 7.99. The van der Waals surface area contributed by atoms with Crippen molar-refractivity contribution in [3.8, 4) is 6.07 Å². The van der Waals surface area contributed by atoms with Gasteiger partial charge < -0.3 is 0 Å². The number of nitriles is 1. The van der Waals surface area contributed by atoms with E-state index in [2.05, 4.69) is 35.4 Å². The van der Waals surface area contributed by atoms with Crippen molar-refractivity contribution in [2.24, 2.45) is 5.92 Å². The average molecular weight is 309 g/mol. The third kappa shape index (κ3) is 3.50. The molecule has 6 nitrogen and oxygen atoms in total. The number of H-pyrrole nitrogens is 1. The van der Waals surface area contributed by atoms with Gasteiger partial charge in [-0.2, -0.15) is 5.26 Å². The van der Waals surface area contributed by atoms with Crippen molar-refractivity contribution >= 4 is 11.8 Å². The second kappa shape index (κ2) is 6.24. The van der Waals surface area contributed by atoms with E-state index in [1.54, 1.807) is 4.57 Å². The highest BCUT2D eigenvalue weighted by atomic mass is 32.2. The monoisotopic (exact) mass is 309 g/mol. The van der Waals surface area contributed by atoms with Crippen LogP contribution in [0.4, 0.5) is 0 Å². The first kappa shape index (κ1) is 16.1. The largest absolute Gasteiger partial charge is 0.344 e. The zero-order valence-electron chi connectivity index (χ0n) is 13.0. The van der Waals surface area contributed by atoms with E-state index >= 15 is 0 Å². The first-order valence-electron chi connectivity index (χ1n) is 7.38. The van der Waals surface area contributed by atoms with Crippen molar-refractivity contribution in [2.75, 3.05) is 5.75 Å². The van der Waals surface area contributed by atoms with E-state index in [1.807, 2.05) is 13.8 Å². The van der Waals surface area contributed by atoms with Crippen molar-refractivity contribution < 1.29 is 0 Å². The summed E-state index contributed by atoms with van der Waals surface area (Å²) in [6, 6.07) is 2.78. The minimum Gasteiger partial charge on any atom is -0.296 e. The summed E-state index contributed by atoms with van der Waals surface area (Å²) >= 11 is 1.47. The number of aromatic nitrogens is 3. The Kier molecular flexibility index (Phi) is 4.79. The molecule has 0 saturated heterocycles. The van der Waals surface area contributed by atoms with Gasteiger partial charge in [0.05, 0.1) is 6.07 Å². The van der Waals surface area contributed by atoms with Crippen LogP contribution < -0.4 is 11.0 Å². The summed E-state index contributed by atoms with van der Waals surface area (Å²) in [6.07, 6.45) is 2.18. The summed E-state index contributed by atoms with van der Waals surface area (Å²) in [5, 5.41) is 20.3. The van der Waals surface area contributed by atoms with Crippen molar-refractivity contribution in [3.05, 3.63) is 10.5 Å². The average Bonchev–Trinajstić information content (AvgIpc) is 3.18. The molecule has 0 amide bonds. The van der Waals surface area contributed by atoms with Gasteiger partial charge in [0.15, 0.2) is 5.16 Å². The highest BCUT2D eigenvalue weighted by Gasteiger charge is 2.46. The lowest BCUT2D eigenvalue weighted by Crippen LogP contribution is -2.51. The maximum Gasteiger partial charge on any atom is 0.344 e. The van der Waals surface area contributed by atoms with E-state index in [1.165, 1.54) is 11.8 Å². The van der Waals surface area contributed by atoms with Gasteiger partial charge in [-0.15, -0.1) is 5.10 Å². The summed E-state index contributed by atoms with van der Waals surface area (Å²) in [5.74, 6) is 0.999. The molecule has 1 unspecified atom stereocenters. The van der Waals surface area contributed by atoms with Crippen molar-refractivity contribution in [1.29, 1.82) is 5.26 Å². The van der Waals surface area contributed by atoms with Gasteiger partial charge >= 0.3 is 5.69 Å². The van der Waals surface area contributed by atoms with Gasteiger partial charge in [-0.3, -0.25) is 9.88 Å². The van der Waals surface area contributed by atoms with Crippen LogP contribution in [0.1, 0.15) is 46.6 Å². The maximum absolute atomic E-state index is 11.8. The zero-order valence-corrected chi connectivity index (χ0v) is 13.8. The molecule has 1 aliphatic carbocycles. The van der Waals surface area contributed by atoms with E-state index in [4.69, 9.17) is 0 Å². The fourth-order valence-electron chi connectivity index (χ4n) is 2.55. The van der Waals surface area contributed by atoms with Crippen LogP contribution in [0.3, 0.4) is 0 Å². The SMILES string of the molecule is CC(C)NC(C#N)(CSc1n[nH]c(=O)n1C(C)C)C1CC1. The van der Waals surface area contributed by atoms with Crippen LogP contribution in [0.5, 0.6) is 0 Å². The number of aromatic amines is 1. The minimum absolute atomic E-state index is 0.0502. The second-order valence-corrected chi connectivity index (χ2v) is 7.16. The molecule has 0 aromatic carbocycles. The summed E-state index contributed by atoms with van der Waals surface area (Å²) in [4.78, 5) is 11.8. The summed E-state index contributed by atoms with van der Waals surface area (Å²) in [7, 11) is 0. The molecule has 0 bridgehead atoms. The maximum atomic E-state index is 11.8. The Morgan fingerprint density at radius 2 is 2.19 bits per heavy atom. The smallest absolute Gasteiger partial charge is 0.296 e. The molecule has 1 aromatic rings. The number of nitrogens with zero attached hydrogens (tertiary/aromatic N) is 3. The van der Waals surface area contributed by atoms with Gasteiger partial charge in [-0.1, -0.05) is 11.8 Å². The number of nitrogens with one attached hydrogen (secondary N) is 2. The summed E-state index contributed by atoms with van der Waals surface area (Å²) < 4.78 is 1.63. The number of thioether (sulfide) groups is 1. The quantitative estimate of drug-likeness (QED) is 0.751. The van der Waals surface area contributed by atoms with Crippen LogP contribution in [-0.2, 0) is 0 Å². The van der Waals surface area contributed by atoms with E-state index in [-0.39, 0.29) is 17.8 Å². The Morgan fingerprint density at radius 3 is 2.67 bits per heavy atom. The van der Waals surface area contributed by atoms with Crippen LogP contribution in [-0.4, -0.2) is 32.1 Å². The van der Waals surface area contributed by atoms with E-state index in [0.29, 0.717) is 16.8 Å². The third-order valence-corrected chi connectivity index (χ3v) is 4.78. The lowest BCUT2D eigenvalue weighted by molar-refractivity contribution is 0.370. The molecule has 1 aliphatic rings. The molecule has 0 spiro atoms. The van der Waals surface area contributed by atoms with Crippen molar-refractivity contribution in [3.63, 3.8) is 0 Å². The third-order valence-electron chi connectivity index (χ3n) is 3.64. The normalized spacial score (nSPS) is 18.0. The van der Waals surface area contributed by atoms with E-state index < -0.39 is 5.54 Å². The lowest BCUT2D eigenvalue weighted by atomic mass is 9.96. The van der Waals surface area contributed by atoms with E-state index in [9.17, 15) is 10.1 Å². The summed E-state index contributed by atoms with van der Waals surface area (Å²) in [5.41, 5.74) is -0.728. The Balaban J connectivity index is 2.16. The van der Waals surface area contributed by atoms with Gasteiger partial charge in [-0.25, -0.2) is 9.89 Å². The Morgan fingerprint density at radius 1 is 1.52 bits per heavy atom. The Hall–Kier alpha value is -1.26. The van der Waals surface area contributed by atoms with Gasteiger partial charge in [0.1, 0.15) is 5.54 Å². The fourth-order valence-corrected chi connectivity index (χ4v) is 3.83. The second-order valence-electron chi connectivity index (χ2n) is 6.22. The Labute approximate surface area is 129 Å². The molecule has 116 valence electrons. The van der Waals surface area contributed by atoms with Crippen molar-refractivity contribution in [1.82, 2.24) is 20.1 Å². The van der Waals surface area contributed by atoms with Gasteiger partial charge in [0, 0.05) is 17.8 Å². The molecule has 7 heteroatoms. The molecule has 1 aromatic heterocycles.